The number of carbonyl (C=O) groups is 2. The maximum atomic E-state index is 12.1. The van der Waals surface area contributed by atoms with Gasteiger partial charge in [0.2, 0.25) is 23.5 Å². The molecule has 2 aromatic heterocycles. The van der Waals surface area contributed by atoms with Crippen LogP contribution in [0.1, 0.15) is 58.3 Å². The number of halogens is 2. The lowest BCUT2D eigenvalue weighted by Gasteiger charge is -2.25. The molecule has 0 N–H and O–H groups in total. The normalized spacial score (nSPS) is 12.3. The molecule has 2 unspecified atom stereocenters. The second-order valence-corrected chi connectivity index (χ2v) is 13.8. The van der Waals surface area contributed by atoms with Gasteiger partial charge in [-0.3, -0.25) is 9.59 Å². The Morgan fingerprint density at radius 1 is 0.630 bits per heavy atom. The molecular formula is C40H48Cl2N4O8. The number of nitrogens with zero attached hydrogens (tertiary/aromatic N) is 4. The van der Waals surface area contributed by atoms with E-state index in [1.807, 2.05) is 76.1 Å². The van der Waals surface area contributed by atoms with Crippen LogP contribution in [0.15, 0.2) is 48.5 Å². The molecule has 0 saturated carbocycles. The Bertz CT molecular complexity index is 1820. The molecule has 2 atom stereocenters. The molecule has 14 heteroatoms. The number of pyridine rings is 2. The van der Waals surface area contributed by atoms with E-state index >= 15 is 0 Å². The summed E-state index contributed by atoms with van der Waals surface area (Å²) in [6, 6.07) is 14.8. The maximum Gasteiger partial charge on any atom is 0.307 e. The smallest absolute Gasteiger partial charge is 0.307 e. The second kappa shape index (κ2) is 19.1. The van der Waals surface area contributed by atoms with Gasteiger partial charge in [0.05, 0.1) is 53.4 Å². The molecule has 0 radical (unpaired) electrons. The van der Waals surface area contributed by atoms with Crippen LogP contribution in [-0.2, 0) is 32.3 Å². The van der Waals surface area contributed by atoms with Gasteiger partial charge in [-0.2, -0.15) is 9.97 Å². The van der Waals surface area contributed by atoms with Crippen LogP contribution in [0.5, 0.6) is 23.5 Å². The van der Waals surface area contributed by atoms with E-state index < -0.39 is 0 Å². The van der Waals surface area contributed by atoms with E-state index in [-0.39, 0.29) is 61.8 Å². The summed E-state index contributed by atoms with van der Waals surface area (Å²) in [7, 11) is 13.1. The molecule has 0 aliphatic carbocycles. The lowest BCUT2D eigenvalue weighted by molar-refractivity contribution is -0.142. The standard InChI is InChI=1S/C40H48Cl2N4O8/c1-23-25(21-53-39-31(41)17-29(37(43-39)51-9)33(45(3)4)19-35(47)49-7)13-11-15-27(23)28-16-12-14-26(24(28)2)22-54-40-32(42)18-30(38(44-40)52-10)34(46(5)6)20-36(48)50-8/h11-18,33-34H,19-22H2,1-10H3. The van der Waals surface area contributed by atoms with Crippen molar-refractivity contribution in [3.05, 3.63) is 92.0 Å². The number of ether oxygens (including phenoxy) is 6. The van der Waals surface area contributed by atoms with Crippen molar-refractivity contribution >= 4 is 35.1 Å². The zero-order valence-electron chi connectivity index (χ0n) is 32.4. The first-order valence-corrected chi connectivity index (χ1v) is 17.9. The van der Waals surface area contributed by atoms with E-state index in [1.54, 1.807) is 12.1 Å². The molecular weight excluding hydrogens is 735 g/mol. The predicted molar refractivity (Wildman–Crippen MR) is 208 cm³/mol. The summed E-state index contributed by atoms with van der Waals surface area (Å²) in [6.07, 6.45) is 0.195. The lowest BCUT2D eigenvalue weighted by atomic mass is 9.92. The summed E-state index contributed by atoms with van der Waals surface area (Å²) in [5, 5.41) is 0.584. The molecule has 2 aromatic carbocycles. The molecule has 0 aliphatic rings. The van der Waals surface area contributed by atoms with E-state index in [9.17, 15) is 9.59 Å². The Morgan fingerprint density at radius 2 is 1.00 bits per heavy atom. The van der Waals surface area contributed by atoms with Crippen molar-refractivity contribution in [3.63, 3.8) is 0 Å². The zero-order chi connectivity index (χ0) is 39.7. The largest absolute Gasteiger partial charge is 0.481 e. The number of carbonyl (C=O) groups excluding carboxylic acids is 2. The van der Waals surface area contributed by atoms with Crippen molar-refractivity contribution in [2.24, 2.45) is 0 Å². The molecule has 2 heterocycles. The average molecular weight is 784 g/mol. The molecule has 0 aliphatic heterocycles. The molecule has 4 rings (SSSR count). The number of rotatable bonds is 17. The molecule has 4 aromatic rings. The Balaban J connectivity index is 1.56. The quantitative estimate of drug-likeness (QED) is 0.0982. The van der Waals surface area contributed by atoms with Gasteiger partial charge in [-0.05, 0) is 87.6 Å². The minimum Gasteiger partial charge on any atom is -0.481 e. The van der Waals surface area contributed by atoms with E-state index in [1.165, 1.54) is 28.4 Å². The minimum atomic E-state index is -0.369. The van der Waals surface area contributed by atoms with Crippen molar-refractivity contribution in [3.8, 4) is 34.6 Å². The van der Waals surface area contributed by atoms with Gasteiger partial charge < -0.3 is 38.2 Å². The lowest BCUT2D eigenvalue weighted by Crippen LogP contribution is -2.24. The van der Waals surface area contributed by atoms with Crippen LogP contribution >= 0.6 is 23.2 Å². The average Bonchev–Trinajstić information content (AvgIpc) is 3.15. The van der Waals surface area contributed by atoms with E-state index in [0.717, 1.165) is 33.4 Å². The molecule has 0 saturated heterocycles. The van der Waals surface area contributed by atoms with Gasteiger partial charge in [0, 0.05) is 11.1 Å². The fourth-order valence-corrected chi connectivity index (χ4v) is 6.56. The number of benzene rings is 2. The van der Waals surface area contributed by atoms with Crippen molar-refractivity contribution in [2.45, 2.75) is 52.0 Å². The number of hydrogen-bond acceptors (Lipinski definition) is 12. The number of esters is 2. The molecule has 0 fully saturated rings. The molecule has 0 spiro atoms. The van der Waals surface area contributed by atoms with Gasteiger partial charge >= 0.3 is 11.9 Å². The van der Waals surface area contributed by atoms with Crippen molar-refractivity contribution < 1.29 is 38.0 Å². The maximum absolute atomic E-state index is 12.1. The van der Waals surface area contributed by atoms with Gasteiger partial charge in [0.25, 0.3) is 0 Å². The molecule has 290 valence electrons. The summed E-state index contributed by atoms with van der Waals surface area (Å²) in [6.45, 7) is 4.49. The molecule has 54 heavy (non-hydrogen) atoms. The van der Waals surface area contributed by atoms with Crippen LogP contribution in [0.2, 0.25) is 10.0 Å². The monoisotopic (exact) mass is 782 g/mol. The topological polar surface area (TPSA) is 122 Å². The third-order valence-corrected chi connectivity index (χ3v) is 9.85. The molecule has 12 nitrogen and oxygen atoms in total. The van der Waals surface area contributed by atoms with E-state index in [2.05, 4.69) is 22.1 Å². The Kier molecular flexibility index (Phi) is 14.9. The summed E-state index contributed by atoms with van der Waals surface area (Å²) in [4.78, 5) is 37.1. The van der Waals surface area contributed by atoms with Gasteiger partial charge in [0.1, 0.15) is 23.3 Å². The first kappa shape index (κ1) is 42.1. The van der Waals surface area contributed by atoms with Gasteiger partial charge in [-0.1, -0.05) is 59.6 Å². The summed E-state index contributed by atoms with van der Waals surface area (Å²) in [5.41, 5.74) is 7.28. The highest BCUT2D eigenvalue weighted by atomic mass is 35.5. The summed E-state index contributed by atoms with van der Waals surface area (Å²) < 4.78 is 33.3. The van der Waals surface area contributed by atoms with Crippen LogP contribution in [-0.4, -0.2) is 88.3 Å². The molecule has 0 bridgehead atoms. The fourth-order valence-electron chi connectivity index (χ4n) is 6.13. The SMILES string of the molecule is COC(=O)CC(c1cc(Cl)c(OCc2cccc(-c3cccc(COc4nc(OC)c(C(CC(=O)OC)N(C)C)cc4Cl)c3C)c2C)nc1OC)N(C)C. The van der Waals surface area contributed by atoms with Crippen LogP contribution in [0.3, 0.4) is 0 Å². The second-order valence-electron chi connectivity index (χ2n) is 13.0. The van der Waals surface area contributed by atoms with Crippen LogP contribution in [0.4, 0.5) is 0 Å². The van der Waals surface area contributed by atoms with E-state index in [4.69, 9.17) is 51.6 Å². The van der Waals surface area contributed by atoms with Crippen LogP contribution in [0, 0.1) is 13.8 Å². The third kappa shape index (κ3) is 9.92. The first-order chi connectivity index (χ1) is 25.7. The number of hydrogen-bond donors (Lipinski definition) is 0. The number of aromatic nitrogens is 2. The van der Waals surface area contributed by atoms with Gasteiger partial charge in [-0.25, -0.2) is 0 Å². The van der Waals surface area contributed by atoms with Crippen LogP contribution < -0.4 is 18.9 Å². The van der Waals surface area contributed by atoms with Crippen molar-refractivity contribution in [1.82, 2.24) is 19.8 Å². The fraction of sp³-hybridized carbons (Fsp3) is 0.400. The number of methoxy groups -OCH3 is 4. The Labute approximate surface area is 327 Å². The summed E-state index contributed by atoms with van der Waals surface area (Å²) >= 11 is 13.4. The van der Waals surface area contributed by atoms with Gasteiger partial charge in [-0.15, -0.1) is 0 Å². The Hall–Kier alpha value is -4.62. The first-order valence-electron chi connectivity index (χ1n) is 17.1. The van der Waals surface area contributed by atoms with E-state index in [0.29, 0.717) is 32.9 Å². The highest BCUT2D eigenvalue weighted by molar-refractivity contribution is 6.32. The zero-order valence-corrected chi connectivity index (χ0v) is 33.9. The molecule has 0 amide bonds. The predicted octanol–water partition coefficient (Wildman–Crippen LogP) is 7.57. The Morgan fingerprint density at radius 3 is 1.31 bits per heavy atom. The van der Waals surface area contributed by atoms with Crippen molar-refractivity contribution in [1.29, 1.82) is 0 Å². The summed E-state index contributed by atoms with van der Waals surface area (Å²) in [5.74, 6) is 0.308. The highest BCUT2D eigenvalue weighted by Gasteiger charge is 2.27. The third-order valence-electron chi connectivity index (χ3n) is 9.31. The van der Waals surface area contributed by atoms with Crippen LogP contribution in [0.25, 0.3) is 11.1 Å². The highest BCUT2D eigenvalue weighted by Crippen LogP contribution is 2.38. The van der Waals surface area contributed by atoms with Crippen molar-refractivity contribution in [2.75, 3.05) is 56.6 Å². The van der Waals surface area contributed by atoms with Gasteiger partial charge in [0.15, 0.2) is 0 Å². The minimum absolute atomic E-state index is 0.0977.